The van der Waals surface area contributed by atoms with Crippen molar-refractivity contribution in [1.29, 1.82) is 0 Å². The van der Waals surface area contributed by atoms with Crippen molar-refractivity contribution in [3.05, 3.63) is 12.2 Å². The second-order valence-corrected chi connectivity index (χ2v) is 4.71. The maximum Gasteiger partial charge on any atom is 0.314 e. The van der Waals surface area contributed by atoms with Crippen LogP contribution in [0.25, 0.3) is 0 Å². The molecule has 0 radical (unpaired) electrons. The van der Waals surface area contributed by atoms with Crippen LogP contribution < -0.4 is 0 Å². The zero-order valence-corrected chi connectivity index (χ0v) is 9.28. The normalized spacial score (nSPS) is 51.4. The highest BCUT2D eigenvalue weighted by Crippen LogP contribution is 2.50. The first-order valence-electron chi connectivity index (χ1n) is 5.51. The monoisotopic (exact) mass is 242 g/mol. The second-order valence-electron chi connectivity index (χ2n) is 4.71. The van der Waals surface area contributed by atoms with Crippen molar-refractivity contribution in [3.8, 4) is 0 Å². The standard InChI is InChI=1S/C11H14O6/c1-15-8(12)6-5-2-3-11(14)4-16-10(7(5)11)17-9(6)13/h2-3,5-7,9-10,13-14H,4H2,1H3/t5-,6-,7-,9+,10+,11+/m1/s1. The number of ether oxygens (including phenoxy) is 3. The molecule has 3 rings (SSSR count). The number of hydrogen-bond acceptors (Lipinski definition) is 6. The Kier molecular flexibility index (Phi) is 2.31. The van der Waals surface area contributed by atoms with E-state index in [0.717, 1.165) is 0 Å². The number of hydrogen-bond donors (Lipinski definition) is 2. The molecule has 6 atom stereocenters. The molecule has 1 aliphatic carbocycles. The van der Waals surface area contributed by atoms with Gasteiger partial charge in [0.2, 0.25) is 0 Å². The third-order valence-electron chi connectivity index (χ3n) is 3.84. The molecular formula is C11H14O6. The maximum atomic E-state index is 11.6. The van der Waals surface area contributed by atoms with Gasteiger partial charge in [-0.15, -0.1) is 0 Å². The number of allylic oxidation sites excluding steroid dienone is 1. The minimum Gasteiger partial charge on any atom is -0.469 e. The van der Waals surface area contributed by atoms with Crippen LogP contribution >= 0.6 is 0 Å². The van der Waals surface area contributed by atoms with E-state index in [1.165, 1.54) is 7.11 Å². The highest BCUT2D eigenvalue weighted by molar-refractivity contribution is 5.74. The third kappa shape index (κ3) is 1.38. The molecule has 0 aromatic heterocycles. The molecule has 3 aliphatic rings. The van der Waals surface area contributed by atoms with Crippen molar-refractivity contribution >= 4 is 5.97 Å². The van der Waals surface area contributed by atoms with Crippen LogP contribution in [0.4, 0.5) is 0 Å². The summed E-state index contributed by atoms with van der Waals surface area (Å²) in [5, 5.41) is 20.1. The van der Waals surface area contributed by atoms with Crippen LogP contribution in [-0.4, -0.2) is 48.1 Å². The van der Waals surface area contributed by atoms with Gasteiger partial charge in [-0.05, 0) is 0 Å². The van der Waals surface area contributed by atoms with Crippen LogP contribution in [0.2, 0.25) is 0 Å². The van der Waals surface area contributed by atoms with Gasteiger partial charge in [0.15, 0.2) is 12.6 Å². The van der Waals surface area contributed by atoms with E-state index in [-0.39, 0.29) is 18.4 Å². The molecule has 2 saturated heterocycles. The van der Waals surface area contributed by atoms with Gasteiger partial charge in [-0.2, -0.15) is 0 Å². The molecular weight excluding hydrogens is 228 g/mol. The van der Waals surface area contributed by atoms with Crippen LogP contribution in [0.1, 0.15) is 0 Å². The van der Waals surface area contributed by atoms with Crippen LogP contribution in [0.15, 0.2) is 12.2 Å². The van der Waals surface area contributed by atoms with E-state index in [2.05, 4.69) is 4.74 Å². The predicted molar refractivity (Wildman–Crippen MR) is 53.4 cm³/mol. The molecule has 2 aliphatic heterocycles. The first-order chi connectivity index (χ1) is 8.07. The molecule has 17 heavy (non-hydrogen) atoms. The van der Waals surface area contributed by atoms with E-state index in [0.29, 0.717) is 0 Å². The van der Waals surface area contributed by atoms with Gasteiger partial charge in [-0.25, -0.2) is 0 Å². The Morgan fingerprint density at radius 3 is 3.06 bits per heavy atom. The summed E-state index contributed by atoms with van der Waals surface area (Å²) in [7, 11) is 1.26. The summed E-state index contributed by atoms with van der Waals surface area (Å²) >= 11 is 0. The van der Waals surface area contributed by atoms with Gasteiger partial charge < -0.3 is 24.4 Å². The summed E-state index contributed by atoms with van der Waals surface area (Å²) in [6, 6.07) is 0. The van der Waals surface area contributed by atoms with Gasteiger partial charge in [0.1, 0.15) is 11.5 Å². The highest BCUT2D eigenvalue weighted by Gasteiger charge is 2.61. The topological polar surface area (TPSA) is 85.2 Å². The zero-order chi connectivity index (χ0) is 12.2. The molecule has 0 amide bonds. The first-order valence-corrected chi connectivity index (χ1v) is 5.51. The van der Waals surface area contributed by atoms with E-state index in [1.807, 2.05) is 0 Å². The first kappa shape index (κ1) is 11.2. The van der Waals surface area contributed by atoms with Crippen molar-refractivity contribution in [2.75, 3.05) is 13.7 Å². The van der Waals surface area contributed by atoms with Gasteiger partial charge in [-0.1, -0.05) is 12.2 Å². The largest absolute Gasteiger partial charge is 0.469 e. The minimum atomic E-state index is -1.27. The molecule has 2 N–H and O–H groups in total. The van der Waals surface area contributed by atoms with E-state index in [4.69, 9.17) is 9.47 Å². The number of carbonyl (C=O) groups is 1. The fraction of sp³-hybridized carbons (Fsp3) is 0.727. The lowest BCUT2D eigenvalue weighted by Crippen LogP contribution is -2.51. The highest BCUT2D eigenvalue weighted by atomic mass is 16.7. The van der Waals surface area contributed by atoms with Gasteiger partial charge in [0.05, 0.1) is 19.6 Å². The smallest absolute Gasteiger partial charge is 0.314 e. The lowest BCUT2D eigenvalue weighted by Gasteiger charge is -2.39. The molecule has 2 fully saturated rings. The molecule has 0 unspecified atom stereocenters. The summed E-state index contributed by atoms with van der Waals surface area (Å²) < 4.78 is 15.2. The summed E-state index contributed by atoms with van der Waals surface area (Å²) in [6.45, 7) is 0.121. The Morgan fingerprint density at radius 2 is 2.35 bits per heavy atom. The Labute approximate surface area is 97.8 Å². The number of rotatable bonds is 1. The molecule has 6 nitrogen and oxygen atoms in total. The number of aliphatic hydroxyl groups is 2. The number of carbonyl (C=O) groups excluding carboxylic acids is 1. The van der Waals surface area contributed by atoms with Crippen molar-refractivity contribution in [2.45, 2.75) is 18.2 Å². The SMILES string of the molecule is COC(=O)[C@H]1[C@H]2C=C[C@]3(O)CO[C@@H](O[C@@H]1O)[C@@H]23. The molecule has 0 bridgehead atoms. The summed E-state index contributed by atoms with van der Waals surface area (Å²) in [6.07, 6.45) is 1.43. The fourth-order valence-electron chi connectivity index (χ4n) is 3.01. The summed E-state index contributed by atoms with van der Waals surface area (Å²) in [5.74, 6) is -2.02. The van der Waals surface area contributed by atoms with E-state index in [1.54, 1.807) is 12.2 Å². The second kappa shape index (κ2) is 3.52. The average Bonchev–Trinajstić information content (AvgIpc) is 2.80. The van der Waals surface area contributed by atoms with Crippen molar-refractivity contribution < 1.29 is 29.2 Å². The van der Waals surface area contributed by atoms with Crippen LogP contribution in [0, 0.1) is 17.8 Å². The molecule has 0 saturated carbocycles. The van der Waals surface area contributed by atoms with Crippen LogP contribution in [0.5, 0.6) is 0 Å². The minimum absolute atomic E-state index is 0.121. The number of methoxy groups -OCH3 is 1. The number of aliphatic hydroxyl groups excluding tert-OH is 1. The van der Waals surface area contributed by atoms with E-state index < -0.39 is 30.1 Å². The van der Waals surface area contributed by atoms with Gasteiger partial charge >= 0.3 is 5.97 Å². The average molecular weight is 242 g/mol. The molecule has 0 aromatic carbocycles. The predicted octanol–water partition coefficient (Wildman–Crippen LogP) is -0.986. The molecule has 0 spiro atoms. The van der Waals surface area contributed by atoms with Crippen molar-refractivity contribution in [2.24, 2.45) is 17.8 Å². The fourth-order valence-corrected chi connectivity index (χ4v) is 3.01. The van der Waals surface area contributed by atoms with Gasteiger partial charge in [0, 0.05) is 5.92 Å². The van der Waals surface area contributed by atoms with Crippen molar-refractivity contribution in [1.82, 2.24) is 0 Å². The van der Waals surface area contributed by atoms with Crippen LogP contribution in [0.3, 0.4) is 0 Å². The Hall–Kier alpha value is -0.950. The number of esters is 1. The lowest BCUT2D eigenvalue weighted by atomic mass is 9.77. The summed E-state index contributed by atoms with van der Waals surface area (Å²) in [5.41, 5.74) is -1.10. The molecule has 94 valence electrons. The van der Waals surface area contributed by atoms with E-state index in [9.17, 15) is 15.0 Å². The third-order valence-corrected chi connectivity index (χ3v) is 3.84. The van der Waals surface area contributed by atoms with Gasteiger partial charge in [0.25, 0.3) is 0 Å². The summed E-state index contributed by atoms with van der Waals surface area (Å²) in [4.78, 5) is 11.6. The maximum absolute atomic E-state index is 11.6. The lowest BCUT2D eigenvalue weighted by molar-refractivity contribution is -0.280. The van der Waals surface area contributed by atoms with Gasteiger partial charge in [-0.3, -0.25) is 4.79 Å². The molecule has 2 heterocycles. The van der Waals surface area contributed by atoms with Crippen molar-refractivity contribution in [3.63, 3.8) is 0 Å². The Balaban J connectivity index is 1.95. The molecule has 0 aromatic rings. The van der Waals surface area contributed by atoms with Crippen LogP contribution in [-0.2, 0) is 19.0 Å². The molecule has 6 heteroatoms. The van der Waals surface area contributed by atoms with E-state index >= 15 is 0 Å². The Bertz CT molecular complexity index is 380. The Morgan fingerprint density at radius 1 is 1.59 bits per heavy atom. The zero-order valence-electron chi connectivity index (χ0n) is 9.28. The quantitative estimate of drug-likeness (QED) is 0.454.